The van der Waals surface area contributed by atoms with Gasteiger partial charge in [-0.25, -0.2) is 9.78 Å². The first-order valence-corrected chi connectivity index (χ1v) is 7.80. The predicted molar refractivity (Wildman–Crippen MR) is 90.7 cm³/mol. The van der Waals surface area contributed by atoms with Crippen molar-refractivity contribution < 1.29 is 9.90 Å². The number of imidazole rings is 1. The molecular formula is C19H20N2O2. The van der Waals surface area contributed by atoms with Crippen LogP contribution in [0.1, 0.15) is 29.9 Å². The fraction of sp³-hybridized carbons (Fsp3) is 0.263. The summed E-state index contributed by atoms with van der Waals surface area (Å²) in [7, 11) is 0. The lowest BCUT2D eigenvalue weighted by Crippen LogP contribution is -2.18. The highest BCUT2D eigenvalue weighted by molar-refractivity contribution is 5.80. The molecule has 3 rings (SSSR count). The monoisotopic (exact) mass is 308 g/mol. The summed E-state index contributed by atoms with van der Waals surface area (Å²) in [4.78, 5) is 16.1. The van der Waals surface area contributed by atoms with Gasteiger partial charge in [-0.1, -0.05) is 42.0 Å². The third-order valence-electron chi connectivity index (χ3n) is 4.17. The van der Waals surface area contributed by atoms with Crippen LogP contribution in [0.2, 0.25) is 0 Å². The van der Waals surface area contributed by atoms with Crippen molar-refractivity contribution in [2.24, 2.45) is 0 Å². The Kier molecular flexibility index (Phi) is 4.15. The summed E-state index contributed by atoms with van der Waals surface area (Å²) in [6.07, 6.45) is 1.56. The number of aryl methyl sites for hydroxylation is 3. The molecule has 1 atom stereocenters. The van der Waals surface area contributed by atoms with E-state index in [1.165, 1.54) is 11.1 Å². The SMILES string of the molecule is Cc1ccc(CCc2nc3ccccc3n2C(C)C(=O)O)cc1. The third-order valence-corrected chi connectivity index (χ3v) is 4.17. The fourth-order valence-electron chi connectivity index (χ4n) is 2.82. The zero-order chi connectivity index (χ0) is 16.4. The first-order valence-electron chi connectivity index (χ1n) is 7.80. The molecule has 1 N–H and O–H groups in total. The van der Waals surface area contributed by atoms with E-state index in [-0.39, 0.29) is 0 Å². The number of benzene rings is 2. The molecule has 1 aromatic heterocycles. The Bertz CT molecular complexity index is 834. The molecule has 0 fully saturated rings. The van der Waals surface area contributed by atoms with Crippen molar-refractivity contribution in [2.75, 3.05) is 0 Å². The van der Waals surface area contributed by atoms with Gasteiger partial charge in [0.15, 0.2) is 0 Å². The van der Waals surface area contributed by atoms with Crippen LogP contribution in [0.25, 0.3) is 11.0 Å². The minimum Gasteiger partial charge on any atom is -0.480 e. The molecular weight excluding hydrogens is 288 g/mol. The van der Waals surface area contributed by atoms with Crippen molar-refractivity contribution in [3.8, 4) is 0 Å². The van der Waals surface area contributed by atoms with Crippen molar-refractivity contribution in [1.29, 1.82) is 0 Å². The van der Waals surface area contributed by atoms with E-state index in [1.54, 1.807) is 6.92 Å². The highest BCUT2D eigenvalue weighted by Gasteiger charge is 2.20. The van der Waals surface area contributed by atoms with Crippen LogP contribution in [0.4, 0.5) is 0 Å². The van der Waals surface area contributed by atoms with Crippen LogP contribution in [0.3, 0.4) is 0 Å². The molecule has 0 bridgehead atoms. The van der Waals surface area contributed by atoms with E-state index in [4.69, 9.17) is 0 Å². The van der Waals surface area contributed by atoms with Gasteiger partial charge in [-0.3, -0.25) is 0 Å². The van der Waals surface area contributed by atoms with Gasteiger partial charge in [0.05, 0.1) is 11.0 Å². The number of para-hydroxylation sites is 2. The quantitative estimate of drug-likeness (QED) is 0.780. The number of carboxylic acids is 1. The van der Waals surface area contributed by atoms with Gasteiger partial charge in [-0.2, -0.15) is 0 Å². The van der Waals surface area contributed by atoms with Crippen molar-refractivity contribution >= 4 is 17.0 Å². The molecule has 0 aliphatic carbocycles. The molecule has 1 unspecified atom stereocenters. The molecule has 4 heteroatoms. The standard InChI is InChI=1S/C19H20N2O2/c1-13-7-9-15(10-8-13)11-12-18-20-16-5-3-4-6-17(16)21(18)14(2)19(22)23/h3-10,14H,11-12H2,1-2H3,(H,22,23). The van der Waals surface area contributed by atoms with Crippen LogP contribution in [-0.2, 0) is 17.6 Å². The summed E-state index contributed by atoms with van der Waals surface area (Å²) >= 11 is 0. The van der Waals surface area contributed by atoms with E-state index in [9.17, 15) is 9.90 Å². The van der Waals surface area contributed by atoms with Gasteiger partial charge < -0.3 is 9.67 Å². The fourth-order valence-corrected chi connectivity index (χ4v) is 2.82. The molecule has 23 heavy (non-hydrogen) atoms. The topological polar surface area (TPSA) is 55.1 Å². The van der Waals surface area contributed by atoms with Crippen LogP contribution in [-0.4, -0.2) is 20.6 Å². The van der Waals surface area contributed by atoms with E-state index in [0.717, 1.165) is 29.7 Å². The maximum Gasteiger partial charge on any atom is 0.326 e. The molecule has 0 radical (unpaired) electrons. The van der Waals surface area contributed by atoms with E-state index in [1.807, 2.05) is 28.8 Å². The molecule has 0 aliphatic rings. The van der Waals surface area contributed by atoms with E-state index in [2.05, 4.69) is 36.2 Å². The largest absolute Gasteiger partial charge is 0.480 e. The lowest BCUT2D eigenvalue weighted by molar-refractivity contribution is -0.140. The van der Waals surface area contributed by atoms with Gasteiger partial charge in [0, 0.05) is 6.42 Å². The molecule has 4 nitrogen and oxygen atoms in total. The summed E-state index contributed by atoms with van der Waals surface area (Å²) < 4.78 is 1.84. The highest BCUT2D eigenvalue weighted by atomic mass is 16.4. The molecule has 0 amide bonds. The number of fused-ring (bicyclic) bond motifs is 1. The van der Waals surface area contributed by atoms with Gasteiger partial charge >= 0.3 is 5.97 Å². The van der Waals surface area contributed by atoms with Crippen LogP contribution >= 0.6 is 0 Å². The smallest absolute Gasteiger partial charge is 0.326 e. The second kappa shape index (κ2) is 6.24. The van der Waals surface area contributed by atoms with Crippen molar-refractivity contribution in [3.05, 3.63) is 65.5 Å². The summed E-state index contributed by atoms with van der Waals surface area (Å²) in [6, 6.07) is 15.5. The minimum atomic E-state index is -0.843. The van der Waals surface area contributed by atoms with Crippen LogP contribution in [0.5, 0.6) is 0 Å². The molecule has 0 saturated heterocycles. The number of hydrogen-bond acceptors (Lipinski definition) is 2. The number of aliphatic carboxylic acids is 1. The lowest BCUT2D eigenvalue weighted by atomic mass is 10.1. The van der Waals surface area contributed by atoms with Gasteiger partial charge in [0.25, 0.3) is 0 Å². The van der Waals surface area contributed by atoms with Gasteiger partial charge in [0.1, 0.15) is 11.9 Å². The second-order valence-electron chi connectivity index (χ2n) is 5.89. The predicted octanol–water partition coefficient (Wildman–Crippen LogP) is 3.78. The van der Waals surface area contributed by atoms with E-state index in [0.29, 0.717) is 0 Å². The zero-order valence-electron chi connectivity index (χ0n) is 13.4. The van der Waals surface area contributed by atoms with Crippen LogP contribution in [0, 0.1) is 6.92 Å². The van der Waals surface area contributed by atoms with Gasteiger partial charge in [-0.15, -0.1) is 0 Å². The first kappa shape index (κ1) is 15.3. The number of carbonyl (C=O) groups is 1. The average Bonchev–Trinajstić information content (AvgIpc) is 2.91. The van der Waals surface area contributed by atoms with Gasteiger partial charge in [0.2, 0.25) is 0 Å². The minimum absolute atomic E-state index is 0.629. The molecule has 0 spiro atoms. The van der Waals surface area contributed by atoms with E-state index >= 15 is 0 Å². The molecule has 1 heterocycles. The maximum atomic E-state index is 11.5. The summed E-state index contributed by atoms with van der Waals surface area (Å²) in [5, 5.41) is 9.40. The van der Waals surface area contributed by atoms with Crippen LogP contribution < -0.4 is 0 Å². The highest BCUT2D eigenvalue weighted by Crippen LogP contribution is 2.22. The van der Waals surface area contributed by atoms with E-state index < -0.39 is 12.0 Å². The molecule has 3 aromatic rings. The Balaban J connectivity index is 1.94. The van der Waals surface area contributed by atoms with Crippen molar-refractivity contribution in [1.82, 2.24) is 9.55 Å². The van der Waals surface area contributed by atoms with Crippen molar-refractivity contribution in [3.63, 3.8) is 0 Å². The van der Waals surface area contributed by atoms with Gasteiger partial charge in [-0.05, 0) is 38.0 Å². The Morgan fingerprint density at radius 2 is 1.83 bits per heavy atom. The Morgan fingerprint density at radius 1 is 1.13 bits per heavy atom. The number of nitrogens with zero attached hydrogens (tertiary/aromatic N) is 2. The normalized spacial score (nSPS) is 12.4. The molecule has 0 aliphatic heterocycles. The Hall–Kier alpha value is -2.62. The maximum absolute atomic E-state index is 11.5. The Morgan fingerprint density at radius 3 is 2.52 bits per heavy atom. The second-order valence-corrected chi connectivity index (χ2v) is 5.89. The molecule has 118 valence electrons. The average molecular weight is 308 g/mol. The number of hydrogen-bond donors (Lipinski definition) is 1. The number of carboxylic acid groups (broad SMARTS) is 1. The summed E-state index contributed by atoms with van der Waals surface area (Å²) in [5.41, 5.74) is 4.19. The summed E-state index contributed by atoms with van der Waals surface area (Å²) in [6.45, 7) is 3.77. The molecule has 0 saturated carbocycles. The lowest BCUT2D eigenvalue weighted by Gasteiger charge is -2.13. The van der Waals surface area contributed by atoms with Crippen molar-refractivity contribution in [2.45, 2.75) is 32.7 Å². The molecule has 2 aromatic carbocycles. The number of aromatic nitrogens is 2. The Labute approximate surface area is 135 Å². The zero-order valence-corrected chi connectivity index (χ0v) is 13.4. The number of rotatable bonds is 5. The first-order chi connectivity index (χ1) is 11.1. The summed E-state index contributed by atoms with van der Waals surface area (Å²) in [5.74, 6) is -0.0218. The third kappa shape index (κ3) is 3.11. The van der Waals surface area contributed by atoms with Crippen LogP contribution in [0.15, 0.2) is 48.5 Å².